The van der Waals surface area contributed by atoms with Gasteiger partial charge in [-0.3, -0.25) is 4.99 Å². The minimum Gasteiger partial charge on any atom is -0.387 e. The van der Waals surface area contributed by atoms with Crippen LogP contribution in [0.25, 0.3) is 0 Å². The first-order chi connectivity index (χ1) is 7.77. The fourth-order valence-electron chi connectivity index (χ4n) is 3.28. The zero-order chi connectivity index (χ0) is 11.4. The standard InChI is InChI=1S/C14H26N2/c1-11(12-7-5-6-8-12)16-14(15)13-9-3-2-4-10-13/h11-13H,2-10H2,1H3,(H2,15,16). The third kappa shape index (κ3) is 2.99. The number of hydrogen-bond donors (Lipinski definition) is 1. The van der Waals surface area contributed by atoms with E-state index in [-0.39, 0.29) is 0 Å². The summed E-state index contributed by atoms with van der Waals surface area (Å²) in [6.45, 7) is 2.26. The number of nitrogens with two attached hydrogens (primary N) is 1. The van der Waals surface area contributed by atoms with Crippen molar-refractivity contribution < 1.29 is 0 Å². The molecule has 2 fully saturated rings. The van der Waals surface area contributed by atoms with E-state index in [4.69, 9.17) is 10.7 Å². The van der Waals surface area contributed by atoms with Crippen molar-refractivity contribution in [3.05, 3.63) is 0 Å². The summed E-state index contributed by atoms with van der Waals surface area (Å²) < 4.78 is 0. The van der Waals surface area contributed by atoms with Gasteiger partial charge in [0, 0.05) is 5.92 Å². The predicted molar refractivity (Wildman–Crippen MR) is 69.6 cm³/mol. The van der Waals surface area contributed by atoms with E-state index in [1.807, 2.05) is 0 Å². The van der Waals surface area contributed by atoms with Crippen molar-refractivity contribution in [2.45, 2.75) is 70.8 Å². The van der Waals surface area contributed by atoms with E-state index in [1.54, 1.807) is 0 Å². The average Bonchev–Trinajstić information content (AvgIpc) is 2.83. The number of aliphatic imine (C=N–C) groups is 1. The first-order valence-corrected chi connectivity index (χ1v) is 7.10. The molecule has 0 radical (unpaired) electrons. The van der Waals surface area contributed by atoms with Crippen LogP contribution in [0, 0.1) is 11.8 Å². The largest absolute Gasteiger partial charge is 0.387 e. The Labute approximate surface area is 99.7 Å². The maximum atomic E-state index is 6.17. The Morgan fingerprint density at radius 3 is 2.19 bits per heavy atom. The molecule has 0 heterocycles. The Balaban J connectivity index is 1.88. The van der Waals surface area contributed by atoms with E-state index in [0.717, 1.165) is 11.8 Å². The Morgan fingerprint density at radius 2 is 1.56 bits per heavy atom. The van der Waals surface area contributed by atoms with Gasteiger partial charge in [0.15, 0.2) is 0 Å². The van der Waals surface area contributed by atoms with E-state index in [1.165, 1.54) is 57.8 Å². The van der Waals surface area contributed by atoms with Gasteiger partial charge in [0.2, 0.25) is 0 Å². The molecule has 1 atom stereocenters. The fraction of sp³-hybridized carbons (Fsp3) is 0.929. The zero-order valence-corrected chi connectivity index (χ0v) is 10.6. The van der Waals surface area contributed by atoms with Crippen LogP contribution in [0.2, 0.25) is 0 Å². The molecule has 0 aromatic carbocycles. The lowest BCUT2D eigenvalue weighted by molar-refractivity contribution is 0.424. The Hall–Kier alpha value is -0.530. The van der Waals surface area contributed by atoms with Crippen LogP contribution in [-0.4, -0.2) is 11.9 Å². The number of amidine groups is 1. The van der Waals surface area contributed by atoms with Gasteiger partial charge in [0.1, 0.15) is 0 Å². The zero-order valence-electron chi connectivity index (χ0n) is 10.6. The molecule has 0 saturated heterocycles. The summed E-state index contributed by atoms with van der Waals surface area (Å²) in [6, 6.07) is 0.462. The van der Waals surface area contributed by atoms with Crippen LogP contribution in [0.5, 0.6) is 0 Å². The van der Waals surface area contributed by atoms with Crippen LogP contribution >= 0.6 is 0 Å². The normalized spacial score (nSPS) is 27.2. The van der Waals surface area contributed by atoms with Crippen molar-refractivity contribution in [3.8, 4) is 0 Å². The van der Waals surface area contributed by atoms with Crippen molar-refractivity contribution in [2.24, 2.45) is 22.6 Å². The lowest BCUT2D eigenvalue weighted by Gasteiger charge is -2.23. The maximum absolute atomic E-state index is 6.17. The predicted octanol–water partition coefficient (Wildman–Crippen LogP) is 3.50. The molecule has 0 aliphatic heterocycles. The molecule has 0 spiro atoms. The molecule has 2 nitrogen and oxygen atoms in total. The first kappa shape index (κ1) is 11.9. The third-order valence-electron chi connectivity index (χ3n) is 4.46. The smallest absolute Gasteiger partial charge is 0.0971 e. The highest BCUT2D eigenvalue weighted by Gasteiger charge is 2.23. The van der Waals surface area contributed by atoms with E-state index in [0.29, 0.717) is 12.0 Å². The first-order valence-electron chi connectivity index (χ1n) is 7.10. The Kier molecular flexibility index (Phi) is 4.25. The van der Waals surface area contributed by atoms with Gasteiger partial charge in [-0.05, 0) is 38.5 Å². The molecule has 0 bridgehead atoms. The highest BCUT2D eigenvalue weighted by molar-refractivity contribution is 5.83. The topological polar surface area (TPSA) is 38.4 Å². The minimum absolute atomic E-state index is 0.462. The highest BCUT2D eigenvalue weighted by Crippen LogP contribution is 2.30. The molecular formula is C14H26N2. The van der Waals surface area contributed by atoms with Crippen LogP contribution in [0.15, 0.2) is 4.99 Å². The molecule has 1 unspecified atom stereocenters. The third-order valence-corrected chi connectivity index (χ3v) is 4.46. The molecule has 2 saturated carbocycles. The van der Waals surface area contributed by atoms with Gasteiger partial charge in [-0.2, -0.15) is 0 Å². The molecule has 0 amide bonds. The van der Waals surface area contributed by atoms with Crippen molar-refractivity contribution in [2.75, 3.05) is 0 Å². The van der Waals surface area contributed by atoms with Crippen LogP contribution in [0.4, 0.5) is 0 Å². The Bertz CT molecular complexity index is 235. The van der Waals surface area contributed by atoms with Crippen molar-refractivity contribution in [1.82, 2.24) is 0 Å². The van der Waals surface area contributed by atoms with Crippen molar-refractivity contribution >= 4 is 5.84 Å². The van der Waals surface area contributed by atoms with Gasteiger partial charge in [0.05, 0.1) is 11.9 Å². The highest BCUT2D eigenvalue weighted by atomic mass is 14.9. The quantitative estimate of drug-likeness (QED) is 0.576. The van der Waals surface area contributed by atoms with Gasteiger partial charge in [0.25, 0.3) is 0 Å². The summed E-state index contributed by atoms with van der Waals surface area (Å²) in [5, 5.41) is 0. The summed E-state index contributed by atoms with van der Waals surface area (Å²) in [5.41, 5.74) is 6.17. The van der Waals surface area contributed by atoms with E-state index in [9.17, 15) is 0 Å². The van der Waals surface area contributed by atoms with Crippen molar-refractivity contribution in [3.63, 3.8) is 0 Å². The summed E-state index contributed by atoms with van der Waals surface area (Å²) >= 11 is 0. The summed E-state index contributed by atoms with van der Waals surface area (Å²) in [5.74, 6) is 2.36. The summed E-state index contributed by atoms with van der Waals surface area (Å²) in [7, 11) is 0. The number of nitrogens with zero attached hydrogens (tertiary/aromatic N) is 1. The molecule has 2 rings (SSSR count). The Morgan fingerprint density at radius 1 is 1.00 bits per heavy atom. The monoisotopic (exact) mass is 222 g/mol. The summed E-state index contributed by atoms with van der Waals surface area (Å²) in [6.07, 6.45) is 12.1. The molecule has 0 aromatic rings. The minimum atomic E-state index is 0.462. The lowest BCUT2D eigenvalue weighted by atomic mass is 9.88. The summed E-state index contributed by atoms with van der Waals surface area (Å²) in [4.78, 5) is 4.78. The van der Waals surface area contributed by atoms with Gasteiger partial charge >= 0.3 is 0 Å². The lowest BCUT2D eigenvalue weighted by Crippen LogP contribution is -2.28. The average molecular weight is 222 g/mol. The van der Waals surface area contributed by atoms with Gasteiger partial charge in [-0.25, -0.2) is 0 Å². The second-order valence-electron chi connectivity index (χ2n) is 5.67. The number of rotatable bonds is 3. The molecular weight excluding hydrogens is 196 g/mol. The van der Waals surface area contributed by atoms with Crippen LogP contribution < -0.4 is 5.73 Å². The van der Waals surface area contributed by atoms with E-state index < -0.39 is 0 Å². The second kappa shape index (κ2) is 5.70. The SMILES string of the molecule is CC(N=C(N)C1CCCCC1)C1CCCC1. The molecule has 2 N–H and O–H groups in total. The second-order valence-corrected chi connectivity index (χ2v) is 5.67. The van der Waals surface area contributed by atoms with Crippen LogP contribution in [0.1, 0.15) is 64.7 Å². The molecule has 2 aliphatic carbocycles. The van der Waals surface area contributed by atoms with Crippen LogP contribution in [-0.2, 0) is 0 Å². The molecule has 2 aliphatic rings. The van der Waals surface area contributed by atoms with Gasteiger partial charge < -0.3 is 5.73 Å². The maximum Gasteiger partial charge on any atom is 0.0971 e. The molecule has 0 aromatic heterocycles. The molecule has 16 heavy (non-hydrogen) atoms. The molecule has 2 heteroatoms. The van der Waals surface area contributed by atoms with E-state index >= 15 is 0 Å². The van der Waals surface area contributed by atoms with Gasteiger partial charge in [-0.1, -0.05) is 32.1 Å². The van der Waals surface area contributed by atoms with E-state index in [2.05, 4.69) is 6.92 Å². The fourth-order valence-corrected chi connectivity index (χ4v) is 3.28. The molecule has 92 valence electrons. The van der Waals surface area contributed by atoms with Crippen LogP contribution in [0.3, 0.4) is 0 Å². The van der Waals surface area contributed by atoms with Gasteiger partial charge in [-0.15, -0.1) is 0 Å². The van der Waals surface area contributed by atoms with Crippen molar-refractivity contribution in [1.29, 1.82) is 0 Å². The number of hydrogen-bond acceptors (Lipinski definition) is 1.